The summed E-state index contributed by atoms with van der Waals surface area (Å²) >= 11 is 5.88. The lowest BCUT2D eigenvalue weighted by atomic mass is 10.2. The average molecular weight is 414 g/mol. The van der Waals surface area contributed by atoms with Crippen LogP contribution < -0.4 is 20.0 Å². The smallest absolute Gasteiger partial charge is 0.453 e. The predicted octanol–water partition coefficient (Wildman–Crippen LogP) is 3.39. The van der Waals surface area contributed by atoms with E-state index in [9.17, 15) is 27.9 Å². The third-order valence-corrected chi connectivity index (χ3v) is 3.80. The summed E-state index contributed by atoms with van der Waals surface area (Å²) < 4.78 is 55.2. The number of aliphatic carboxylic acids is 1. The zero-order chi connectivity index (χ0) is 20.5. The van der Waals surface area contributed by atoms with E-state index in [0.717, 1.165) is 12.1 Å². The molecule has 0 N–H and O–H groups in total. The highest BCUT2D eigenvalue weighted by Gasteiger charge is 2.40. The standard InChI is InChI=1S/C18H10ClF3O6/c19-11-3-1-2-4-12(11)27-16-15(25)10-6-5-9(26-8-14(23)24)7-13(10)28-17(16)18(20,21)22/h1-7H,8H2,(H,23,24)/p-1. The number of hydrogen-bond acceptors (Lipinski definition) is 6. The Labute approximate surface area is 159 Å². The molecular formula is C18H9ClF3O6-. The Bertz CT molecular complexity index is 1110. The number of halogens is 4. The van der Waals surface area contributed by atoms with Gasteiger partial charge in [0.2, 0.25) is 11.2 Å². The Kier molecular flexibility index (Phi) is 5.19. The second-order valence-electron chi connectivity index (χ2n) is 5.44. The van der Waals surface area contributed by atoms with Crippen molar-refractivity contribution in [2.75, 3.05) is 6.61 Å². The Morgan fingerprint density at radius 1 is 1.18 bits per heavy atom. The van der Waals surface area contributed by atoms with Gasteiger partial charge in [0.15, 0.2) is 0 Å². The van der Waals surface area contributed by atoms with Gasteiger partial charge in [-0.05, 0) is 24.3 Å². The van der Waals surface area contributed by atoms with Gasteiger partial charge in [-0.15, -0.1) is 0 Å². The summed E-state index contributed by atoms with van der Waals surface area (Å²) in [4.78, 5) is 23.1. The molecule has 0 aliphatic heterocycles. The van der Waals surface area contributed by atoms with E-state index in [2.05, 4.69) is 0 Å². The van der Waals surface area contributed by atoms with Crippen LogP contribution >= 0.6 is 11.6 Å². The Morgan fingerprint density at radius 2 is 1.89 bits per heavy atom. The van der Waals surface area contributed by atoms with Crippen LogP contribution in [0.3, 0.4) is 0 Å². The molecule has 0 unspecified atom stereocenters. The summed E-state index contributed by atoms with van der Waals surface area (Å²) in [6, 6.07) is 8.99. The van der Waals surface area contributed by atoms with Crippen molar-refractivity contribution in [3.8, 4) is 17.2 Å². The van der Waals surface area contributed by atoms with Crippen LogP contribution in [0.4, 0.5) is 13.2 Å². The van der Waals surface area contributed by atoms with Crippen molar-refractivity contribution >= 4 is 28.5 Å². The van der Waals surface area contributed by atoms with Gasteiger partial charge >= 0.3 is 6.18 Å². The highest BCUT2D eigenvalue weighted by molar-refractivity contribution is 6.32. The minimum atomic E-state index is -5.05. The summed E-state index contributed by atoms with van der Waals surface area (Å²) in [6.07, 6.45) is -5.05. The lowest BCUT2D eigenvalue weighted by Gasteiger charge is -2.14. The lowest BCUT2D eigenvalue weighted by molar-refractivity contribution is -0.307. The first-order chi connectivity index (χ1) is 13.2. The van der Waals surface area contributed by atoms with E-state index in [1.165, 1.54) is 30.3 Å². The van der Waals surface area contributed by atoms with Gasteiger partial charge in [-0.3, -0.25) is 4.79 Å². The Balaban J connectivity index is 2.16. The molecule has 1 heterocycles. The van der Waals surface area contributed by atoms with Crippen molar-refractivity contribution < 1.29 is 37.0 Å². The summed E-state index contributed by atoms with van der Waals surface area (Å²) in [5.74, 6) is -4.54. The average Bonchev–Trinajstić information content (AvgIpc) is 2.62. The second kappa shape index (κ2) is 7.43. The van der Waals surface area contributed by atoms with Crippen LogP contribution in [0.25, 0.3) is 11.0 Å². The zero-order valence-electron chi connectivity index (χ0n) is 13.7. The van der Waals surface area contributed by atoms with Gasteiger partial charge in [0, 0.05) is 6.07 Å². The molecule has 10 heteroatoms. The molecule has 0 amide bonds. The molecule has 146 valence electrons. The number of carbonyl (C=O) groups excluding carboxylic acids is 1. The first kappa shape index (κ1) is 19.6. The molecule has 0 saturated heterocycles. The van der Waals surface area contributed by atoms with Crippen LogP contribution in [0.1, 0.15) is 5.76 Å². The zero-order valence-corrected chi connectivity index (χ0v) is 14.5. The Hall–Kier alpha value is -3.20. The molecule has 0 saturated carbocycles. The van der Waals surface area contributed by atoms with Gasteiger partial charge in [-0.2, -0.15) is 13.2 Å². The van der Waals surface area contributed by atoms with E-state index in [1.54, 1.807) is 0 Å². The van der Waals surface area contributed by atoms with Crippen LogP contribution in [0, 0.1) is 0 Å². The fourth-order valence-electron chi connectivity index (χ4n) is 2.31. The summed E-state index contributed by atoms with van der Waals surface area (Å²) in [5.41, 5.74) is -1.54. The Morgan fingerprint density at radius 3 is 2.54 bits per heavy atom. The fraction of sp³-hybridized carbons (Fsp3) is 0.111. The topological polar surface area (TPSA) is 88.8 Å². The molecule has 0 radical (unpaired) electrons. The predicted molar refractivity (Wildman–Crippen MR) is 89.5 cm³/mol. The van der Waals surface area contributed by atoms with E-state index < -0.39 is 41.3 Å². The van der Waals surface area contributed by atoms with Crippen molar-refractivity contribution in [3.63, 3.8) is 0 Å². The van der Waals surface area contributed by atoms with Crippen LogP contribution in [-0.4, -0.2) is 12.6 Å². The monoisotopic (exact) mass is 413 g/mol. The molecule has 0 bridgehead atoms. The van der Waals surface area contributed by atoms with Crippen LogP contribution in [-0.2, 0) is 11.0 Å². The van der Waals surface area contributed by atoms with Gasteiger partial charge in [0.1, 0.15) is 23.7 Å². The van der Waals surface area contributed by atoms with Crippen molar-refractivity contribution in [3.05, 3.63) is 63.5 Å². The van der Waals surface area contributed by atoms with Crippen molar-refractivity contribution in [1.29, 1.82) is 0 Å². The van der Waals surface area contributed by atoms with Crippen molar-refractivity contribution in [2.45, 2.75) is 6.18 Å². The van der Waals surface area contributed by atoms with E-state index in [4.69, 9.17) is 25.5 Å². The third-order valence-electron chi connectivity index (χ3n) is 3.49. The SMILES string of the molecule is O=C([O-])COc1ccc2c(=O)c(Oc3ccccc3Cl)c(C(F)(F)F)oc2c1. The van der Waals surface area contributed by atoms with Crippen molar-refractivity contribution in [2.24, 2.45) is 0 Å². The number of carboxylic acid groups (broad SMARTS) is 1. The van der Waals surface area contributed by atoms with E-state index in [0.29, 0.717) is 0 Å². The van der Waals surface area contributed by atoms with Crippen LogP contribution in [0.15, 0.2) is 51.7 Å². The number of carbonyl (C=O) groups is 1. The minimum Gasteiger partial charge on any atom is -0.546 e. The molecule has 3 aromatic rings. The van der Waals surface area contributed by atoms with Gasteiger partial charge < -0.3 is 23.8 Å². The quantitative estimate of drug-likeness (QED) is 0.637. The maximum absolute atomic E-state index is 13.5. The van der Waals surface area contributed by atoms with E-state index in [-0.39, 0.29) is 21.9 Å². The van der Waals surface area contributed by atoms with Crippen LogP contribution in [0.5, 0.6) is 17.2 Å². The van der Waals surface area contributed by atoms with Crippen LogP contribution in [0.2, 0.25) is 5.02 Å². The summed E-state index contributed by atoms with van der Waals surface area (Å²) in [7, 11) is 0. The van der Waals surface area contributed by atoms with Gasteiger partial charge in [0.25, 0.3) is 5.76 Å². The molecule has 6 nitrogen and oxygen atoms in total. The molecule has 2 aromatic carbocycles. The number of hydrogen-bond donors (Lipinski definition) is 0. The largest absolute Gasteiger partial charge is 0.546 e. The highest BCUT2D eigenvalue weighted by Crippen LogP contribution is 2.39. The lowest BCUT2D eigenvalue weighted by Crippen LogP contribution is -2.28. The molecule has 1 aromatic heterocycles. The first-order valence-electron chi connectivity index (χ1n) is 7.60. The number of rotatable bonds is 5. The second-order valence-corrected chi connectivity index (χ2v) is 5.85. The van der Waals surface area contributed by atoms with Gasteiger partial charge in [0.05, 0.1) is 16.4 Å². The number of benzene rings is 2. The number of ether oxygens (including phenoxy) is 2. The van der Waals surface area contributed by atoms with Gasteiger partial charge in [-0.25, -0.2) is 0 Å². The molecule has 3 rings (SSSR count). The molecular weight excluding hydrogens is 405 g/mol. The maximum Gasteiger partial charge on any atom is 0.453 e. The van der Waals surface area contributed by atoms with Gasteiger partial charge in [-0.1, -0.05) is 23.7 Å². The number of para-hydroxylation sites is 1. The van der Waals surface area contributed by atoms with Crippen molar-refractivity contribution in [1.82, 2.24) is 0 Å². The molecule has 0 fully saturated rings. The van der Waals surface area contributed by atoms with E-state index in [1.807, 2.05) is 0 Å². The normalized spacial score (nSPS) is 11.4. The summed E-state index contributed by atoms with van der Waals surface area (Å²) in [6.45, 7) is -0.824. The first-order valence-corrected chi connectivity index (χ1v) is 7.97. The minimum absolute atomic E-state index is 0.00106. The van der Waals surface area contributed by atoms with E-state index >= 15 is 0 Å². The third kappa shape index (κ3) is 4.04. The number of carboxylic acids is 1. The number of fused-ring (bicyclic) bond motifs is 1. The molecule has 28 heavy (non-hydrogen) atoms. The molecule has 0 aliphatic rings. The maximum atomic E-state index is 13.5. The number of alkyl halides is 3. The molecule has 0 aliphatic carbocycles. The fourth-order valence-corrected chi connectivity index (χ4v) is 2.48. The molecule has 0 atom stereocenters. The molecule has 0 spiro atoms. The highest BCUT2D eigenvalue weighted by atomic mass is 35.5. The summed E-state index contributed by atoms with van der Waals surface area (Å²) in [5, 5.41) is 10.2.